The summed E-state index contributed by atoms with van der Waals surface area (Å²) in [6.07, 6.45) is -2.48. The van der Waals surface area contributed by atoms with Gasteiger partial charge in [0.15, 0.2) is 5.56 Å². The lowest BCUT2D eigenvalue weighted by Gasteiger charge is -2.09. The predicted molar refractivity (Wildman–Crippen MR) is 51.7 cm³/mol. The zero-order valence-corrected chi connectivity index (χ0v) is 8.68. The van der Waals surface area contributed by atoms with E-state index in [0.717, 1.165) is 13.3 Å². The molecule has 0 amide bonds. The van der Waals surface area contributed by atoms with Gasteiger partial charge in [0.1, 0.15) is 0 Å². The first-order chi connectivity index (χ1) is 8.02. The fourth-order valence-electron chi connectivity index (χ4n) is 1.33. The summed E-state index contributed by atoms with van der Waals surface area (Å²) in [5, 5.41) is 19.2. The topological polar surface area (TPSA) is 89.0 Å². The van der Waals surface area contributed by atoms with Crippen LogP contribution < -0.4 is 4.74 Å². The number of hydrogen-bond donors (Lipinski definition) is 0. The summed E-state index contributed by atoms with van der Waals surface area (Å²) in [4.78, 5) is 13.3. The molecule has 0 aromatic carbocycles. The van der Waals surface area contributed by atoms with Crippen LogP contribution in [0.1, 0.15) is 17.6 Å². The van der Waals surface area contributed by atoms with E-state index in [0.29, 0.717) is 0 Å². The molecule has 0 unspecified atom stereocenters. The van der Waals surface area contributed by atoms with Gasteiger partial charge in [0.2, 0.25) is 5.88 Å². The molecular weight excluding hydrogens is 236 g/mol. The quantitative estimate of drug-likeness (QED) is 0.596. The number of nitro groups is 1. The van der Waals surface area contributed by atoms with E-state index in [-0.39, 0.29) is 12.0 Å². The predicted octanol–water partition coefficient (Wildman–Crippen LogP) is 2.00. The molecule has 0 bridgehead atoms. The van der Waals surface area contributed by atoms with E-state index in [1.165, 1.54) is 0 Å². The maximum Gasteiger partial charge on any atom is 0.289 e. The van der Waals surface area contributed by atoms with Crippen LogP contribution in [0.4, 0.5) is 14.5 Å². The van der Waals surface area contributed by atoms with Crippen LogP contribution in [0.5, 0.6) is 5.88 Å². The molecule has 0 atom stereocenters. The van der Waals surface area contributed by atoms with Crippen molar-refractivity contribution in [1.82, 2.24) is 4.98 Å². The van der Waals surface area contributed by atoms with Gasteiger partial charge in [-0.15, -0.1) is 0 Å². The standard InChI is InChI=1S/C9H7F2N3O3/c1-17-9-6(8(10)11)7(14(15)16)5(2-3-12)4-13-9/h4,8H,2H2,1H3. The number of alkyl halides is 2. The summed E-state index contributed by atoms with van der Waals surface area (Å²) >= 11 is 0. The molecule has 0 radical (unpaired) electrons. The molecular formula is C9H7F2N3O3. The molecule has 0 N–H and O–H groups in total. The molecule has 8 heteroatoms. The third-order valence-electron chi connectivity index (χ3n) is 1.99. The van der Waals surface area contributed by atoms with E-state index < -0.39 is 28.5 Å². The highest BCUT2D eigenvalue weighted by atomic mass is 19.3. The van der Waals surface area contributed by atoms with Gasteiger partial charge in [0.25, 0.3) is 12.1 Å². The SMILES string of the molecule is COc1ncc(CC#N)c([N+](=O)[O-])c1C(F)F. The van der Waals surface area contributed by atoms with Crippen molar-refractivity contribution < 1.29 is 18.4 Å². The van der Waals surface area contributed by atoms with Crippen molar-refractivity contribution in [3.63, 3.8) is 0 Å². The molecule has 1 rings (SSSR count). The first kappa shape index (κ1) is 12.8. The molecule has 0 saturated carbocycles. The second-order valence-corrected chi connectivity index (χ2v) is 2.95. The van der Waals surface area contributed by atoms with E-state index >= 15 is 0 Å². The Bertz CT molecular complexity index is 485. The van der Waals surface area contributed by atoms with Crippen LogP contribution in [0.15, 0.2) is 6.20 Å². The van der Waals surface area contributed by atoms with Crippen LogP contribution in [0.3, 0.4) is 0 Å². The van der Waals surface area contributed by atoms with Crippen LogP contribution in [-0.2, 0) is 6.42 Å². The van der Waals surface area contributed by atoms with E-state index in [1.54, 1.807) is 6.07 Å². The Morgan fingerprint density at radius 3 is 2.76 bits per heavy atom. The van der Waals surface area contributed by atoms with Gasteiger partial charge in [-0.25, -0.2) is 13.8 Å². The Morgan fingerprint density at radius 2 is 2.35 bits per heavy atom. The highest BCUT2D eigenvalue weighted by Gasteiger charge is 2.31. The molecule has 6 nitrogen and oxygen atoms in total. The molecule has 0 spiro atoms. The van der Waals surface area contributed by atoms with E-state index in [2.05, 4.69) is 9.72 Å². The van der Waals surface area contributed by atoms with Crippen molar-refractivity contribution >= 4 is 5.69 Å². The van der Waals surface area contributed by atoms with E-state index in [1.807, 2.05) is 0 Å². The molecule has 0 fully saturated rings. The summed E-state index contributed by atoms with van der Waals surface area (Å²) in [5.74, 6) is -0.506. The molecule has 0 saturated heterocycles. The minimum atomic E-state index is -3.10. The number of ether oxygens (including phenoxy) is 1. The Balaban J connectivity index is 3.54. The molecule has 17 heavy (non-hydrogen) atoms. The molecule has 0 aliphatic carbocycles. The van der Waals surface area contributed by atoms with Gasteiger partial charge in [0.05, 0.1) is 30.1 Å². The van der Waals surface area contributed by atoms with Crippen molar-refractivity contribution in [3.8, 4) is 11.9 Å². The first-order valence-electron chi connectivity index (χ1n) is 4.38. The van der Waals surface area contributed by atoms with Crippen molar-refractivity contribution in [2.75, 3.05) is 7.11 Å². The largest absolute Gasteiger partial charge is 0.480 e. The van der Waals surface area contributed by atoms with Crippen molar-refractivity contribution in [2.24, 2.45) is 0 Å². The lowest BCUT2D eigenvalue weighted by molar-refractivity contribution is -0.387. The van der Waals surface area contributed by atoms with Crippen LogP contribution in [0, 0.1) is 21.4 Å². The van der Waals surface area contributed by atoms with Crippen LogP contribution >= 0.6 is 0 Å². The van der Waals surface area contributed by atoms with Gasteiger partial charge in [0, 0.05) is 6.20 Å². The molecule has 1 heterocycles. The third-order valence-corrected chi connectivity index (χ3v) is 1.99. The zero-order chi connectivity index (χ0) is 13.0. The fraction of sp³-hybridized carbons (Fsp3) is 0.333. The number of aromatic nitrogens is 1. The minimum Gasteiger partial charge on any atom is -0.480 e. The van der Waals surface area contributed by atoms with Gasteiger partial charge >= 0.3 is 0 Å². The van der Waals surface area contributed by atoms with Gasteiger partial charge < -0.3 is 4.74 Å². The number of nitriles is 1. The Hall–Kier alpha value is -2.30. The lowest BCUT2D eigenvalue weighted by atomic mass is 10.1. The minimum absolute atomic E-state index is 0.159. The van der Waals surface area contributed by atoms with Crippen molar-refractivity contribution in [1.29, 1.82) is 5.26 Å². The normalized spacial score (nSPS) is 10.1. The smallest absolute Gasteiger partial charge is 0.289 e. The van der Waals surface area contributed by atoms with Crippen LogP contribution in [0.25, 0.3) is 0 Å². The molecule has 1 aromatic rings. The van der Waals surface area contributed by atoms with Crippen molar-refractivity contribution in [2.45, 2.75) is 12.8 Å². The van der Waals surface area contributed by atoms with Gasteiger partial charge in [-0.3, -0.25) is 10.1 Å². The highest BCUT2D eigenvalue weighted by molar-refractivity contribution is 5.52. The Morgan fingerprint density at radius 1 is 1.71 bits per heavy atom. The number of hydrogen-bond acceptors (Lipinski definition) is 5. The number of methoxy groups -OCH3 is 1. The maximum absolute atomic E-state index is 12.7. The zero-order valence-electron chi connectivity index (χ0n) is 8.68. The van der Waals surface area contributed by atoms with E-state index in [4.69, 9.17) is 5.26 Å². The average Bonchev–Trinajstić information content (AvgIpc) is 2.28. The Kier molecular flexibility index (Phi) is 3.87. The second kappa shape index (κ2) is 5.16. The summed E-state index contributed by atoms with van der Waals surface area (Å²) in [6.45, 7) is 0. The highest BCUT2D eigenvalue weighted by Crippen LogP contribution is 2.37. The average molecular weight is 243 g/mol. The summed E-state index contributed by atoms with van der Waals surface area (Å²) in [6, 6.07) is 1.65. The summed E-state index contributed by atoms with van der Waals surface area (Å²) < 4.78 is 30.0. The van der Waals surface area contributed by atoms with Gasteiger partial charge in [-0.05, 0) is 0 Å². The third kappa shape index (κ3) is 2.44. The van der Waals surface area contributed by atoms with Gasteiger partial charge in [-0.1, -0.05) is 0 Å². The van der Waals surface area contributed by atoms with E-state index in [9.17, 15) is 18.9 Å². The summed E-state index contributed by atoms with van der Waals surface area (Å²) in [7, 11) is 1.09. The molecule has 0 aliphatic heterocycles. The maximum atomic E-state index is 12.7. The number of rotatable bonds is 4. The first-order valence-corrected chi connectivity index (χ1v) is 4.38. The second-order valence-electron chi connectivity index (χ2n) is 2.95. The monoisotopic (exact) mass is 243 g/mol. The number of halogens is 2. The summed E-state index contributed by atoms with van der Waals surface area (Å²) in [5.41, 5.74) is -1.87. The van der Waals surface area contributed by atoms with Crippen LogP contribution in [0.2, 0.25) is 0 Å². The molecule has 0 aliphatic rings. The lowest BCUT2D eigenvalue weighted by Crippen LogP contribution is -2.05. The Labute approximate surface area is 94.6 Å². The number of nitrogens with zero attached hydrogens (tertiary/aromatic N) is 3. The molecule has 1 aromatic heterocycles. The van der Waals surface area contributed by atoms with Crippen LogP contribution in [-0.4, -0.2) is 17.0 Å². The fourth-order valence-corrected chi connectivity index (χ4v) is 1.33. The molecule has 90 valence electrons. The van der Waals surface area contributed by atoms with Crippen molar-refractivity contribution in [3.05, 3.63) is 27.4 Å². The number of pyridine rings is 1. The van der Waals surface area contributed by atoms with Gasteiger partial charge in [-0.2, -0.15) is 5.26 Å².